The minimum absolute atomic E-state index is 0.180. The Bertz CT molecular complexity index is 927. The van der Waals surface area contributed by atoms with Crippen molar-refractivity contribution in [2.75, 3.05) is 32.1 Å². The molecule has 0 saturated carbocycles. The molecule has 1 heterocycles. The topological polar surface area (TPSA) is 87.7 Å². The summed E-state index contributed by atoms with van der Waals surface area (Å²) in [7, 11) is -1.95. The fraction of sp³-hybridized carbons (Fsp3) is 0.381. The second-order valence-corrected chi connectivity index (χ2v) is 8.84. The summed E-state index contributed by atoms with van der Waals surface area (Å²) in [6.45, 7) is 3.33. The number of likely N-dealkylation sites (tertiary alicyclic amines) is 1. The predicted molar refractivity (Wildman–Crippen MR) is 112 cm³/mol. The summed E-state index contributed by atoms with van der Waals surface area (Å²) in [6, 6.07) is 14.5. The van der Waals surface area contributed by atoms with Crippen molar-refractivity contribution >= 4 is 21.6 Å². The number of sulfonamides is 1. The maximum atomic E-state index is 12.5. The lowest BCUT2D eigenvalue weighted by Gasteiger charge is -2.25. The van der Waals surface area contributed by atoms with Crippen LogP contribution in [-0.4, -0.2) is 46.0 Å². The first-order valence-corrected chi connectivity index (χ1v) is 11.1. The van der Waals surface area contributed by atoms with Crippen LogP contribution in [0, 0.1) is 0 Å². The van der Waals surface area contributed by atoms with Crippen LogP contribution in [-0.2, 0) is 14.8 Å². The quantitative estimate of drug-likeness (QED) is 0.690. The molecule has 0 radical (unpaired) electrons. The highest BCUT2D eigenvalue weighted by molar-refractivity contribution is 7.89. The van der Waals surface area contributed by atoms with E-state index in [1.54, 1.807) is 19.2 Å². The van der Waals surface area contributed by atoms with Gasteiger partial charge in [0.1, 0.15) is 5.75 Å². The standard InChI is InChI=1S/C21H27N3O4S/c1-16(25)23-18-7-11-20(12-8-18)29(26,27)22-13-15-24-14-3-4-21(24)17-5-9-19(28-2)10-6-17/h5-12,21-22H,3-4,13-15H2,1-2H3,(H,23,25). The highest BCUT2D eigenvalue weighted by atomic mass is 32.2. The summed E-state index contributed by atoms with van der Waals surface area (Å²) in [6.07, 6.45) is 2.15. The molecule has 0 aliphatic carbocycles. The van der Waals surface area contributed by atoms with E-state index in [4.69, 9.17) is 4.74 Å². The van der Waals surface area contributed by atoms with Gasteiger partial charge in [-0.1, -0.05) is 12.1 Å². The second-order valence-electron chi connectivity index (χ2n) is 7.07. The summed E-state index contributed by atoms with van der Waals surface area (Å²) >= 11 is 0. The SMILES string of the molecule is COc1ccc(C2CCCN2CCNS(=O)(=O)c2ccc(NC(C)=O)cc2)cc1. The van der Waals surface area contributed by atoms with Gasteiger partial charge in [-0.2, -0.15) is 0 Å². The minimum Gasteiger partial charge on any atom is -0.497 e. The van der Waals surface area contributed by atoms with E-state index in [1.807, 2.05) is 12.1 Å². The van der Waals surface area contributed by atoms with E-state index < -0.39 is 10.0 Å². The Labute approximate surface area is 172 Å². The molecule has 7 nitrogen and oxygen atoms in total. The van der Waals surface area contributed by atoms with E-state index >= 15 is 0 Å². The number of ether oxygens (including phenoxy) is 1. The van der Waals surface area contributed by atoms with Gasteiger partial charge in [-0.15, -0.1) is 0 Å². The van der Waals surface area contributed by atoms with E-state index in [2.05, 4.69) is 27.1 Å². The third-order valence-corrected chi connectivity index (χ3v) is 6.52. The van der Waals surface area contributed by atoms with Crippen LogP contribution in [0.15, 0.2) is 53.4 Å². The lowest BCUT2D eigenvalue weighted by molar-refractivity contribution is -0.114. The van der Waals surface area contributed by atoms with Crippen molar-refractivity contribution in [2.24, 2.45) is 0 Å². The number of carbonyl (C=O) groups excluding carboxylic acids is 1. The molecule has 8 heteroatoms. The van der Waals surface area contributed by atoms with Gasteiger partial charge in [0.15, 0.2) is 0 Å². The molecule has 2 aromatic carbocycles. The molecule has 2 aromatic rings. The summed E-state index contributed by atoms with van der Waals surface area (Å²) in [4.78, 5) is 13.6. The largest absolute Gasteiger partial charge is 0.497 e. The first-order chi connectivity index (χ1) is 13.9. The van der Waals surface area contributed by atoms with Gasteiger partial charge >= 0.3 is 0 Å². The second kappa shape index (κ2) is 9.39. The van der Waals surface area contributed by atoms with Crippen LogP contribution >= 0.6 is 0 Å². The molecule has 1 atom stereocenters. The summed E-state index contributed by atoms with van der Waals surface area (Å²) < 4.78 is 33.0. The molecule has 0 aromatic heterocycles. The van der Waals surface area contributed by atoms with E-state index in [9.17, 15) is 13.2 Å². The van der Waals surface area contributed by atoms with E-state index in [-0.39, 0.29) is 10.8 Å². The van der Waals surface area contributed by atoms with Crippen LogP contribution in [0.5, 0.6) is 5.75 Å². The first kappa shape index (κ1) is 21.3. The molecule has 1 unspecified atom stereocenters. The normalized spacial score (nSPS) is 17.2. The zero-order valence-electron chi connectivity index (χ0n) is 16.7. The number of anilines is 1. The number of nitrogens with zero attached hydrogens (tertiary/aromatic N) is 1. The molecule has 3 rings (SSSR count). The molecule has 2 N–H and O–H groups in total. The molecule has 1 aliphatic rings. The molecule has 0 bridgehead atoms. The van der Waals surface area contributed by atoms with E-state index in [1.165, 1.54) is 24.6 Å². The Hall–Kier alpha value is -2.42. The van der Waals surface area contributed by atoms with Crippen molar-refractivity contribution in [1.29, 1.82) is 0 Å². The molecule has 1 saturated heterocycles. The van der Waals surface area contributed by atoms with Gasteiger partial charge < -0.3 is 10.1 Å². The van der Waals surface area contributed by atoms with Crippen molar-refractivity contribution in [3.05, 3.63) is 54.1 Å². The number of methoxy groups -OCH3 is 1. The van der Waals surface area contributed by atoms with Gasteiger partial charge in [-0.3, -0.25) is 9.69 Å². The Kier molecular flexibility index (Phi) is 6.89. The van der Waals surface area contributed by atoms with Crippen molar-refractivity contribution in [2.45, 2.75) is 30.7 Å². The number of hydrogen-bond acceptors (Lipinski definition) is 5. The molecule has 29 heavy (non-hydrogen) atoms. The zero-order chi connectivity index (χ0) is 20.9. The molecule has 1 aliphatic heterocycles. The van der Waals surface area contributed by atoms with E-state index in [0.29, 0.717) is 24.8 Å². The first-order valence-electron chi connectivity index (χ1n) is 9.64. The highest BCUT2D eigenvalue weighted by Crippen LogP contribution is 2.32. The van der Waals surface area contributed by atoms with Gasteiger partial charge in [0, 0.05) is 31.7 Å². The highest BCUT2D eigenvalue weighted by Gasteiger charge is 2.26. The Morgan fingerprint density at radius 3 is 2.45 bits per heavy atom. The van der Waals surface area contributed by atoms with Crippen LogP contribution in [0.4, 0.5) is 5.69 Å². The number of amides is 1. The monoisotopic (exact) mass is 417 g/mol. The molecule has 1 fully saturated rings. The summed E-state index contributed by atoms with van der Waals surface area (Å²) in [5.41, 5.74) is 1.79. The van der Waals surface area contributed by atoms with Crippen LogP contribution in [0.1, 0.15) is 31.4 Å². The van der Waals surface area contributed by atoms with Crippen LogP contribution in [0.3, 0.4) is 0 Å². The lowest BCUT2D eigenvalue weighted by Crippen LogP contribution is -2.34. The maximum Gasteiger partial charge on any atom is 0.240 e. The number of nitrogens with one attached hydrogen (secondary N) is 2. The van der Waals surface area contributed by atoms with Gasteiger partial charge in [-0.25, -0.2) is 13.1 Å². The molecular formula is C21H27N3O4S. The maximum absolute atomic E-state index is 12.5. The Morgan fingerprint density at radius 1 is 1.14 bits per heavy atom. The average Bonchev–Trinajstić information content (AvgIpc) is 3.16. The molecule has 1 amide bonds. The summed E-state index contributed by atoms with van der Waals surface area (Å²) in [5.74, 6) is 0.631. The third-order valence-electron chi connectivity index (χ3n) is 5.04. The number of hydrogen-bond donors (Lipinski definition) is 2. The molecule has 0 spiro atoms. The number of carbonyl (C=O) groups is 1. The zero-order valence-corrected chi connectivity index (χ0v) is 17.5. The van der Waals surface area contributed by atoms with Gasteiger partial charge in [0.2, 0.25) is 15.9 Å². The molecular weight excluding hydrogens is 390 g/mol. The Morgan fingerprint density at radius 2 is 1.83 bits per heavy atom. The van der Waals surface area contributed by atoms with Crippen molar-refractivity contribution < 1.29 is 17.9 Å². The van der Waals surface area contributed by atoms with Gasteiger partial charge in [0.05, 0.1) is 12.0 Å². The van der Waals surface area contributed by atoms with Gasteiger partial charge in [0.25, 0.3) is 0 Å². The molecule has 156 valence electrons. The van der Waals surface area contributed by atoms with E-state index in [0.717, 1.165) is 25.1 Å². The van der Waals surface area contributed by atoms with Gasteiger partial charge in [-0.05, 0) is 61.3 Å². The average molecular weight is 418 g/mol. The number of benzene rings is 2. The lowest BCUT2D eigenvalue weighted by atomic mass is 10.0. The van der Waals surface area contributed by atoms with Crippen LogP contribution in [0.25, 0.3) is 0 Å². The minimum atomic E-state index is -3.59. The van der Waals surface area contributed by atoms with Crippen molar-refractivity contribution in [1.82, 2.24) is 9.62 Å². The third kappa shape index (κ3) is 5.56. The van der Waals surface area contributed by atoms with Crippen molar-refractivity contribution in [3.8, 4) is 5.75 Å². The van der Waals surface area contributed by atoms with Crippen LogP contribution < -0.4 is 14.8 Å². The predicted octanol–water partition coefficient (Wildman–Crippen LogP) is 2.77. The smallest absolute Gasteiger partial charge is 0.240 e. The van der Waals surface area contributed by atoms with Crippen LogP contribution in [0.2, 0.25) is 0 Å². The number of rotatable bonds is 8. The van der Waals surface area contributed by atoms with Crippen molar-refractivity contribution in [3.63, 3.8) is 0 Å². The fourth-order valence-electron chi connectivity index (χ4n) is 3.62. The Balaban J connectivity index is 1.56. The summed E-state index contributed by atoms with van der Waals surface area (Å²) in [5, 5.41) is 2.62. The fourth-order valence-corrected chi connectivity index (χ4v) is 4.65.